The summed E-state index contributed by atoms with van der Waals surface area (Å²) in [6.45, 7) is 1.57. The lowest BCUT2D eigenvalue weighted by molar-refractivity contribution is -0.385. The SMILES string of the molecule is COC(=O)c1c(-c2ccc(F)cc2)csc1NC(=O)c1ccc(C)c([N+](=O)[O-])c1. The number of carbonyl (C=O) groups is 2. The van der Waals surface area contributed by atoms with Crippen LogP contribution in [0.3, 0.4) is 0 Å². The normalized spacial score (nSPS) is 10.4. The van der Waals surface area contributed by atoms with E-state index in [4.69, 9.17) is 4.74 Å². The van der Waals surface area contributed by atoms with Gasteiger partial charge in [0, 0.05) is 28.1 Å². The quantitative estimate of drug-likeness (QED) is 0.367. The van der Waals surface area contributed by atoms with Crippen LogP contribution in [0.5, 0.6) is 0 Å². The maximum atomic E-state index is 13.2. The lowest BCUT2D eigenvalue weighted by Crippen LogP contribution is -2.14. The van der Waals surface area contributed by atoms with E-state index in [9.17, 15) is 24.1 Å². The van der Waals surface area contributed by atoms with Crippen molar-refractivity contribution in [3.05, 3.63) is 80.5 Å². The molecular weight excluding hydrogens is 399 g/mol. The van der Waals surface area contributed by atoms with Crippen molar-refractivity contribution in [2.24, 2.45) is 0 Å². The number of rotatable bonds is 5. The third-order valence-electron chi connectivity index (χ3n) is 4.23. The number of thiophene rings is 1. The summed E-state index contributed by atoms with van der Waals surface area (Å²) < 4.78 is 18.0. The predicted molar refractivity (Wildman–Crippen MR) is 107 cm³/mol. The fourth-order valence-corrected chi connectivity index (χ4v) is 3.67. The number of nitrogens with zero attached hydrogens (tertiary/aromatic N) is 1. The van der Waals surface area contributed by atoms with E-state index in [1.54, 1.807) is 12.3 Å². The molecule has 7 nitrogen and oxygen atoms in total. The first-order valence-corrected chi connectivity index (χ1v) is 9.22. The zero-order chi connectivity index (χ0) is 21.1. The number of halogens is 1. The van der Waals surface area contributed by atoms with Gasteiger partial charge in [-0.3, -0.25) is 14.9 Å². The molecule has 1 N–H and O–H groups in total. The Bertz CT molecular complexity index is 1110. The van der Waals surface area contributed by atoms with Gasteiger partial charge in [0.15, 0.2) is 0 Å². The molecule has 3 rings (SSSR count). The Hall–Kier alpha value is -3.59. The average Bonchev–Trinajstić information content (AvgIpc) is 3.11. The molecule has 148 valence electrons. The number of hydrogen-bond donors (Lipinski definition) is 1. The molecule has 3 aromatic rings. The molecule has 0 spiro atoms. The molecule has 0 fully saturated rings. The Morgan fingerprint density at radius 2 is 1.86 bits per heavy atom. The summed E-state index contributed by atoms with van der Waals surface area (Å²) in [5.41, 5.74) is 1.51. The van der Waals surface area contributed by atoms with Crippen molar-refractivity contribution in [3.63, 3.8) is 0 Å². The third kappa shape index (κ3) is 4.14. The highest BCUT2D eigenvalue weighted by molar-refractivity contribution is 7.15. The highest BCUT2D eigenvalue weighted by Crippen LogP contribution is 2.36. The summed E-state index contributed by atoms with van der Waals surface area (Å²) in [4.78, 5) is 35.5. The van der Waals surface area contributed by atoms with Crippen molar-refractivity contribution in [2.45, 2.75) is 6.92 Å². The van der Waals surface area contributed by atoms with E-state index < -0.39 is 22.6 Å². The van der Waals surface area contributed by atoms with Gasteiger partial charge in [0.05, 0.1) is 12.0 Å². The molecule has 9 heteroatoms. The van der Waals surface area contributed by atoms with Gasteiger partial charge in [0.1, 0.15) is 16.4 Å². The zero-order valence-corrected chi connectivity index (χ0v) is 16.2. The number of nitro groups is 1. The van der Waals surface area contributed by atoms with Gasteiger partial charge in [-0.05, 0) is 30.7 Å². The maximum absolute atomic E-state index is 13.2. The number of nitro benzene ring substituents is 1. The predicted octanol–water partition coefficient (Wildman–Crippen LogP) is 4.81. The molecule has 0 aliphatic rings. The first kappa shape index (κ1) is 20.2. The van der Waals surface area contributed by atoms with E-state index in [0.29, 0.717) is 16.7 Å². The topological polar surface area (TPSA) is 98.5 Å². The van der Waals surface area contributed by atoms with Gasteiger partial charge in [-0.2, -0.15) is 0 Å². The molecule has 0 radical (unpaired) electrons. The van der Waals surface area contributed by atoms with Gasteiger partial charge in [0.2, 0.25) is 0 Å². The van der Waals surface area contributed by atoms with E-state index >= 15 is 0 Å². The number of amides is 1. The van der Waals surface area contributed by atoms with Crippen LogP contribution in [0.1, 0.15) is 26.3 Å². The third-order valence-corrected chi connectivity index (χ3v) is 5.13. The van der Waals surface area contributed by atoms with E-state index in [1.807, 2.05) is 0 Å². The minimum absolute atomic E-state index is 0.0786. The summed E-state index contributed by atoms with van der Waals surface area (Å²) in [5, 5.41) is 15.6. The molecule has 0 aliphatic carbocycles. The van der Waals surface area contributed by atoms with E-state index in [1.165, 1.54) is 49.6 Å². The Morgan fingerprint density at radius 3 is 2.48 bits per heavy atom. The van der Waals surface area contributed by atoms with E-state index in [0.717, 1.165) is 11.3 Å². The van der Waals surface area contributed by atoms with Crippen LogP contribution in [-0.2, 0) is 4.74 Å². The van der Waals surface area contributed by atoms with Crippen LogP contribution < -0.4 is 5.32 Å². The summed E-state index contributed by atoms with van der Waals surface area (Å²) >= 11 is 1.10. The molecule has 0 unspecified atom stereocenters. The van der Waals surface area contributed by atoms with Gasteiger partial charge >= 0.3 is 5.97 Å². The van der Waals surface area contributed by atoms with Crippen molar-refractivity contribution in [3.8, 4) is 11.1 Å². The van der Waals surface area contributed by atoms with Gasteiger partial charge < -0.3 is 10.1 Å². The van der Waals surface area contributed by atoms with Crippen molar-refractivity contribution < 1.29 is 23.6 Å². The molecule has 0 bridgehead atoms. The van der Waals surface area contributed by atoms with Crippen LogP contribution in [0.2, 0.25) is 0 Å². The second-order valence-electron chi connectivity index (χ2n) is 6.06. The zero-order valence-electron chi connectivity index (χ0n) is 15.4. The maximum Gasteiger partial charge on any atom is 0.341 e. The van der Waals surface area contributed by atoms with Gasteiger partial charge in [-0.15, -0.1) is 11.3 Å². The lowest BCUT2D eigenvalue weighted by atomic mass is 10.0. The average molecular weight is 414 g/mol. The smallest absolute Gasteiger partial charge is 0.341 e. The van der Waals surface area contributed by atoms with Gasteiger partial charge in [0.25, 0.3) is 11.6 Å². The molecule has 0 aliphatic heterocycles. The molecule has 2 aromatic carbocycles. The van der Waals surface area contributed by atoms with E-state index in [2.05, 4.69) is 5.32 Å². The minimum atomic E-state index is -0.671. The summed E-state index contributed by atoms with van der Waals surface area (Å²) in [6, 6.07) is 9.67. The number of anilines is 1. The van der Waals surface area contributed by atoms with Gasteiger partial charge in [-0.1, -0.05) is 18.2 Å². The monoisotopic (exact) mass is 414 g/mol. The molecule has 1 aromatic heterocycles. The number of nitrogens with one attached hydrogen (secondary N) is 1. The fourth-order valence-electron chi connectivity index (χ4n) is 2.72. The molecule has 1 heterocycles. The molecule has 1 amide bonds. The first-order chi connectivity index (χ1) is 13.8. The minimum Gasteiger partial charge on any atom is -0.465 e. The Balaban J connectivity index is 1.98. The molecule has 29 heavy (non-hydrogen) atoms. The Morgan fingerprint density at radius 1 is 1.17 bits per heavy atom. The van der Waals surface area contributed by atoms with Gasteiger partial charge in [-0.25, -0.2) is 9.18 Å². The van der Waals surface area contributed by atoms with Crippen molar-refractivity contribution in [1.82, 2.24) is 0 Å². The number of aryl methyl sites for hydroxylation is 1. The second-order valence-corrected chi connectivity index (χ2v) is 6.94. The summed E-state index contributed by atoms with van der Waals surface area (Å²) in [6.07, 6.45) is 0. The van der Waals surface area contributed by atoms with Crippen molar-refractivity contribution in [2.75, 3.05) is 12.4 Å². The summed E-state index contributed by atoms with van der Waals surface area (Å²) in [5.74, 6) is -1.69. The number of carbonyl (C=O) groups excluding carboxylic acids is 2. The first-order valence-electron chi connectivity index (χ1n) is 8.34. The van der Waals surface area contributed by atoms with E-state index in [-0.39, 0.29) is 21.8 Å². The lowest BCUT2D eigenvalue weighted by Gasteiger charge is -2.08. The van der Waals surface area contributed by atoms with Crippen LogP contribution in [-0.4, -0.2) is 23.9 Å². The van der Waals surface area contributed by atoms with Crippen LogP contribution in [0.15, 0.2) is 47.8 Å². The molecular formula is C20H15FN2O5S. The highest BCUT2D eigenvalue weighted by Gasteiger charge is 2.23. The van der Waals surface area contributed by atoms with Crippen LogP contribution >= 0.6 is 11.3 Å². The van der Waals surface area contributed by atoms with Crippen LogP contribution in [0.25, 0.3) is 11.1 Å². The van der Waals surface area contributed by atoms with Crippen LogP contribution in [0.4, 0.5) is 15.1 Å². The number of benzene rings is 2. The van der Waals surface area contributed by atoms with Crippen molar-refractivity contribution >= 4 is 33.9 Å². The number of ether oxygens (including phenoxy) is 1. The molecule has 0 atom stereocenters. The van der Waals surface area contributed by atoms with Crippen molar-refractivity contribution in [1.29, 1.82) is 0 Å². The largest absolute Gasteiger partial charge is 0.465 e. The molecule has 0 saturated carbocycles. The highest BCUT2D eigenvalue weighted by atomic mass is 32.1. The molecule has 0 saturated heterocycles. The second kappa shape index (κ2) is 8.19. The Labute approximate surface area is 168 Å². The standard InChI is InChI=1S/C20H15FN2O5S/c1-11-3-4-13(9-16(11)23(26)27)18(24)22-19-17(20(25)28-2)15(10-29-19)12-5-7-14(21)8-6-12/h3-10H,1-2H3,(H,22,24). The number of methoxy groups -OCH3 is 1. The Kier molecular flexibility index (Phi) is 5.69. The fraction of sp³-hybridized carbons (Fsp3) is 0.100. The number of esters is 1. The number of hydrogen-bond acceptors (Lipinski definition) is 6. The van der Waals surface area contributed by atoms with Crippen LogP contribution in [0, 0.1) is 22.9 Å². The summed E-state index contributed by atoms with van der Waals surface area (Å²) in [7, 11) is 1.21.